The summed E-state index contributed by atoms with van der Waals surface area (Å²) in [5.74, 6) is -0.0466. The van der Waals surface area contributed by atoms with Gasteiger partial charge in [-0.25, -0.2) is 0 Å². The molecule has 1 atom stereocenters. The molecule has 0 aliphatic rings. The number of amides is 1. The van der Waals surface area contributed by atoms with Crippen LogP contribution in [0.25, 0.3) is 0 Å². The van der Waals surface area contributed by atoms with Crippen molar-refractivity contribution < 1.29 is 9.90 Å². The first-order chi connectivity index (χ1) is 8.61. The molecule has 1 aromatic rings. The van der Waals surface area contributed by atoms with E-state index in [1.165, 1.54) is 5.56 Å². The molecule has 0 radical (unpaired) electrons. The maximum atomic E-state index is 11.7. The fraction of sp³-hybridized carbons (Fsp3) is 0.500. The second-order valence-electron chi connectivity index (χ2n) is 4.56. The third-order valence-corrected chi connectivity index (χ3v) is 2.74. The normalized spacial score (nSPS) is 12.2. The van der Waals surface area contributed by atoms with E-state index in [0.717, 1.165) is 18.5 Å². The highest BCUT2D eigenvalue weighted by Gasteiger charge is 2.05. The van der Waals surface area contributed by atoms with Crippen LogP contribution < -0.4 is 10.6 Å². The second-order valence-corrected chi connectivity index (χ2v) is 4.56. The summed E-state index contributed by atoms with van der Waals surface area (Å²) in [5.41, 5.74) is 1.99. The maximum absolute atomic E-state index is 11.7. The number of hydrogen-bond acceptors (Lipinski definition) is 3. The molecule has 0 aliphatic heterocycles. The van der Waals surface area contributed by atoms with Crippen molar-refractivity contribution in [2.24, 2.45) is 0 Å². The molecule has 100 valence electrons. The summed E-state index contributed by atoms with van der Waals surface area (Å²) in [6, 6.07) is 7.95. The van der Waals surface area contributed by atoms with Gasteiger partial charge in [0, 0.05) is 18.3 Å². The quantitative estimate of drug-likeness (QED) is 0.690. The molecular formula is C14H22N2O2. The number of aliphatic hydroxyl groups excluding tert-OH is 1. The van der Waals surface area contributed by atoms with Crippen molar-refractivity contribution in [2.45, 2.75) is 32.7 Å². The first kappa shape index (κ1) is 14.7. The molecule has 0 saturated heterocycles. The van der Waals surface area contributed by atoms with Crippen molar-refractivity contribution in [2.75, 3.05) is 18.5 Å². The first-order valence-electron chi connectivity index (χ1n) is 6.32. The average Bonchev–Trinajstić information content (AvgIpc) is 2.36. The van der Waals surface area contributed by atoms with Crippen molar-refractivity contribution in [1.29, 1.82) is 0 Å². The summed E-state index contributed by atoms with van der Waals surface area (Å²) >= 11 is 0. The molecule has 0 fully saturated rings. The molecular weight excluding hydrogens is 228 g/mol. The molecule has 0 saturated carbocycles. The minimum Gasteiger partial charge on any atom is -0.396 e. The Morgan fingerprint density at radius 2 is 2.00 bits per heavy atom. The Morgan fingerprint density at radius 3 is 2.61 bits per heavy atom. The highest BCUT2D eigenvalue weighted by molar-refractivity contribution is 5.92. The number of rotatable bonds is 7. The van der Waals surface area contributed by atoms with Gasteiger partial charge in [-0.05, 0) is 38.8 Å². The molecule has 4 nitrogen and oxygen atoms in total. The van der Waals surface area contributed by atoms with Gasteiger partial charge in [0.2, 0.25) is 5.91 Å². The SMILES string of the molecule is Cc1ccc(NC(=O)CNC(C)CCCO)cc1. The Bertz CT molecular complexity index is 363. The van der Waals surface area contributed by atoms with Crippen molar-refractivity contribution in [3.63, 3.8) is 0 Å². The zero-order chi connectivity index (χ0) is 13.4. The van der Waals surface area contributed by atoms with Crippen molar-refractivity contribution in [1.82, 2.24) is 5.32 Å². The average molecular weight is 250 g/mol. The van der Waals surface area contributed by atoms with Gasteiger partial charge in [0.05, 0.1) is 6.54 Å². The van der Waals surface area contributed by atoms with Gasteiger partial charge in [-0.2, -0.15) is 0 Å². The predicted octanol–water partition coefficient (Wildman–Crippen LogP) is 1.68. The van der Waals surface area contributed by atoms with Gasteiger partial charge in [-0.1, -0.05) is 17.7 Å². The molecule has 0 aliphatic carbocycles. The van der Waals surface area contributed by atoms with Crippen LogP contribution in [-0.2, 0) is 4.79 Å². The van der Waals surface area contributed by atoms with Crippen LogP contribution in [0.4, 0.5) is 5.69 Å². The number of anilines is 1. The number of nitrogens with one attached hydrogen (secondary N) is 2. The van der Waals surface area contributed by atoms with Crippen LogP contribution in [0.2, 0.25) is 0 Å². The molecule has 0 aromatic heterocycles. The number of hydrogen-bond donors (Lipinski definition) is 3. The van der Waals surface area contributed by atoms with E-state index >= 15 is 0 Å². The Hall–Kier alpha value is -1.39. The van der Waals surface area contributed by atoms with E-state index in [-0.39, 0.29) is 18.6 Å². The third kappa shape index (κ3) is 5.80. The lowest BCUT2D eigenvalue weighted by Crippen LogP contribution is -2.34. The molecule has 0 heterocycles. The van der Waals surface area contributed by atoms with E-state index < -0.39 is 0 Å². The maximum Gasteiger partial charge on any atom is 0.238 e. The summed E-state index contributed by atoms with van der Waals surface area (Å²) in [7, 11) is 0. The van der Waals surface area contributed by atoms with Gasteiger partial charge < -0.3 is 15.7 Å². The number of benzene rings is 1. The van der Waals surface area contributed by atoms with Crippen molar-refractivity contribution in [3.8, 4) is 0 Å². The topological polar surface area (TPSA) is 61.4 Å². The van der Waals surface area contributed by atoms with Gasteiger partial charge in [0.1, 0.15) is 0 Å². The van der Waals surface area contributed by atoms with E-state index in [4.69, 9.17) is 5.11 Å². The van der Waals surface area contributed by atoms with Crippen LogP contribution in [-0.4, -0.2) is 30.2 Å². The summed E-state index contributed by atoms with van der Waals surface area (Å²) in [5, 5.41) is 14.7. The van der Waals surface area contributed by atoms with Gasteiger partial charge in [0.25, 0.3) is 0 Å². The zero-order valence-corrected chi connectivity index (χ0v) is 11.1. The molecule has 0 spiro atoms. The third-order valence-electron chi connectivity index (χ3n) is 2.74. The number of carbonyl (C=O) groups excluding carboxylic acids is 1. The molecule has 4 heteroatoms. The molecule has 0 bridgehead atoms. The lowest BCUT2D eigenvalue weighted by Gasteiger charge is -2.13. The van der Waals surface area contributed by atoms with E-state index in [1.54, 1.807) is 0 Å². The van der Waals surface area contributed by atoms with E-state index in [0.29, 0.717) is 6.54 Å². The smallest absolute Gasteiger partial charge is 0.238 e. The van der Waals surface area contributed by atoms with Gasteiger partial charge in [0.15, 0.2) is 0 Å². The summed E-state index contributed by atoms with van der Waals surface area (Å²) in [6.45, 7) is 4.51. The zero-order valence-electron chi connectivity index (χ0n) is 11.1. The minimum atomic E-state index is -0.0466. The second kappa shape index (κ2) is 7.84. The predicted molar refractivity (Wildman–Crippen MR) is 73.6 cm³/mol. The summed E-state index contributed by atoms with van der Waals surface area (Å²) in [4.78, 5) is 11.7. The molecule has 1 aromatic carbocycles. The fourth-order valence-electron chi connectivity index (χ4n) is 1.61. The van der Waals surface area contributed by atoms with Crippen LogP contribution in [0.5, 0.6) is 0 Å². The van der Waals surface area contributed by atoms with E-state index in [2.05, 4.69) is 10.6 Å². The molecule has 1 rings (SSSR count). The summed E-state index contributed by atoms with van der Waals surface area (Å²) < 4.78 is 0. The Labute approximate surface area is 108 Å². The van der Waals surface area contributed by atoms with Crippen LogP contribution >= 0.6 is 0 Å². The van der Waals surface area contributed by atoms with Gasteiger partial charge >= 0.3 is 0 Å². The lowest BCUT2D eigenvalue weighted by molar-refractivity contribution is -0.115. The number of aliphatic hydroxyl groups is 1. The highest BCUT2D eigenvalue weighted by Crippen LogP contribution is 2.08. The molecule has 18 heavy (non-hydrogen) atoms. The minimum absolute atomic E-state index is 0.0466. The Morgan fingerprint density at radius 1 is 1.33 bits per heavy atom. The summed E-state index contributed by atoms with van der Waals surface area (Å²) in [6.07, 6.45) is 1.63. The van der Waals surface area contributed by atoms with Crippen LogP contribution in [0, 0.1) is 6.92 Å². The largest absolute Gasteiger partial charge is 0.396 e. The highest BCUT2D eigenvalue weighted by atomic mass is 16.2. The van der Waals surface area contributed by atoms with Crippen molar-refractivity contribution >= 4 is 11.6 Å². The number of carbonyl (C=O) groups is 1. The Kier molecular flexibility index (Phi) is 6.39. The fourth-order valence-corrected chi connectivity index (χ4v) is 1.61. The molecule has 3 N–H and O–H groups in total. The lowest BCUT2D eigenvalue weighted by atomic mass is 10.2. The van der Waals surface area contributed by atoms with Crippen LogP contribution in [0.1, 0.15) is 25.3 Å². The van der Waals surface area contributed by atoms with Gasteiger partial charge in [-0.3, -0.25) is 4.79 Å². The monoisotopic (exact) mass is 250 g/mol. The van der Waals surface area contributed by atoms with E-state index in [1.807, 2.05) is 38.1 Å². The van der Waals surface area contributed by atoms with Crippen LogP contribution in [0.15, 0.2) is 24.3 Å². The Balaban J connectivity index is 2.27. The first-order valence-corrected chi connectivity index (χ1v) is 6.32. The van der Waals surface area contributed by atoms with Crippen molar-refractivity contribution in [3.05, 3.63) is 29.8 Å². The molecule has 1 amide bonds. The van der Waals surface area contributed by atoms with E-state index in [9.17, 15) is 4.79 Å². The van der Waals surface area contributed by atoms with Crippen LogP contribution in [0.3, 0.4) is 0 Å². The van der Waals surface area contributed by atoms with Gasteiger partial charge in [-0.15, -0.1) is 0 Å². The number of aryl methyl sites for hydroxylation is 1. The standard InChI is InChI=1S/C14H22N2O2/c1-11-5-7-13(8-6-11)16-14(18)10-15-12(2)4-3-9-17/h5-8,12,15,17H,3-4,9-10H2,1-2H3,(H,16,18). The molecule has 1 unspecified atom stereocenters.